The highest BCUT2D eigenvalue weighted by Crippen LogP contribution is 2.40. The summed E-state index contributed by atoms with van der Waals surface area (Å²) in [5.74, 6) is 0.769. The SMILES string of the molecule is COc1cccc([C@@H](C)N2Cc3c(cc(-c4cn[nH]c4)cc3C3=CCN(C(=O)OCc4ccccc4)CC3)C2=O)c1. The molecule has 0 aliphatic carbocycles. The lowest BCUT2D eigenvalue weighted by atomic mass is 9.90. The Hall–Kier alpha value is -4.85. The van der Waals surface area contributed by atoms with Crippen LogP contribution in [0.15, 0.2) is 85.2 Å². The number of aromatic nitrogens is 2. The van der Waals surface area contributed by atoms with Crippen molar-refractivity contribution in [2.24, 2.45) is 0 Å². The summed E-state index contributed by atoms with van der Waals surface area (Å²) in [5, 5.41) is 6.99. The van der Waals surface area contributed by atoms with Gasteiger partial charge in [0.05, 0.1) is 19.3 Å². The van der Waals surface area contributed by atoms with Gasteiger partial charge in [0.25, 0.3) is 5.91 Å². The number of rotatable bonds is 7. The van der Waals surface area contributed by atoms with Gasteiger partial charge in [-0.15, -0.1) is 0 Å². The van der Waals surface area contributed by atoms with Gasteiger partial charge in [0.1, 0.15) is 12.4 Å². The Labute approximate surface area is 239 Å². The lowest BCUT2D eigenvalue weighted by Gasteiger charge is -2.27. The fourth-order valence-electron chi connectivity index (χ4n) is 5.58. The van der Waals surface area contributed by atoms with Gasteiger partial charge in [0, 0.05) is 37.0 Å². The van der Waals surface area contributed by atoms with Crippen LogP contribution in [0.1, 0.15) is 52.0 Å². The zero-order chi connectivity index (χ0) is 28.3. The number of nitrogens with one attached hydrogen (secondary N) is 1. The van der Waals surface area contributed by atoms with Crippen molar-refractivity contribution in [2.75, 3.05) is 20.2 Å². The molecule has 1 atom stereocenters. The zero-order valence-electron chi connectivity index (χ0n) is 23.2. The molecule has 0 unspecified atom stereocenters. The van der Waals surface area contributed by atoms with E-state index in [0.717, 1.165) is 44.7 Å². The fraction of sp³-hybridized carbons (Fsp3) is 0.242. The summed E-state index contributed by atoms with van der Waals surface area (Å²) in [4.78, 5) is 30.2. The van der Waals surface area contributed by atoms with Crippen LogP contribution in [0, 0.1) is 0 Å². The number of aromatic amines is 1. The second-order valence-corrected chi connectivity index (χ2v) is 10.4. The minimum Gasteiger partial charge on any atom is -0.497 e. The predicted octanol–water partition coefficient (Wildman–Crippen LogP) is 6.23. The lowest BCUT2D eigenvalue weighted by molar-refractivity contribution is 0.0715. The normalized spacial score (nSPS) is 15.4. The first-order valence-electron chi connectivity index (χ1n) is 13.8. The number of hydrogen-bond acceptors (Lipinski definition) is 5. The maximum Gasteiger partial charge on any atom is 0.410 e. The van der Waals surface area contributed by atoms with Crippen LogP contribution in [0.3, 0.4) is 0 Å². The Morgan fingerprint density at radius 1 is 1.05 bits per heavy atom. The van der Waals surface area contributed by atoms with E-state index in [1.165, 1.54) is 0 Å². The van der Waals surface area contributed by atoms with Crippen LogP contribution >= 0.6 is 0 Å². The van der Waals surface area contributed by atoms with Crippen LogP contribution in [0.4, 0.5) is 4.79 Å². The number of methoxy groups -OCH3 is 1. The van der Waals surface area contributed by atoms with Crippen molar-refractivity contribution in [1.82, 2.24) is 20.0 Å². The lowest BCUT2D eigenvalue weighted by Crippen LogP contribution is -2.35. The van der Waals surface area contributed by atoms with E-state index in [0.29, 0.717) is 31.6 Å². The molecule has 0 saturated carbocycles. The molecule has 41 heavy (non-hydrogen) atoms. The number of benzene rings is 3. The number of H-pyrrole nitrogens is 1. The van der Waals surface area contributed by atoms with Crippen molar-refractivity contribution in [3.63, 3.8) is 0 Å². The molecule has 4 aromatic rings. The van der Waals surface area contributed by atoms with E-state index in [4.69, 9.17) is 9.47 Å². The smallest absolute Gasteiger partial charge is 0.410 e. The van der Waals surface area contributed by atoms with Gasteiger partial charge in [0.2, 0.25) is 0 Å². The number of carbonyl (C=O) groups is 2. The van der Waals surface area contributed by atoms with E-state index in [2.05, 4.69) is 22.3 Å². The van der Waals surface area contributed by atoms with Crippen molar-refractivity contribution in [1.29, 1.82) is 0 Å². The molecule has 3 aromatic carbocycles. The van der Waals surface area contributed by atoms with E-state index in [1.807, 2.05) is 78.7 Å². The van der Waals surface area contributed by atoms with E-state index in [1.54, 1.807) is 18.2 Å². The Kier molecular flexibility index (Phi) is 7.29. The summed E-state index contributed by atoms with van der Waals surface area (Å²) in [6, 6.07) is 21.5. The minimum atomic E-state index is -0.324. The Morgan fingerprint density at radius 3 is 2.61 bits per heavy atom. The van der Waals surface area contributed by atoms with Crippen LogP contribution in [0.5, 0.6) is 5.75 Å². The third kappa shape index (κ3) is 5.33. The second kappa shape index (κ2) is 11.3. The largest absolute Gasteiger partial charge is 0.497 e. The summed E-state index contributed by atoms with van der Waals surface area (Å²) in [6.45, 7) is 3.80. The average Bonchev–Trinajstić information content (AvgIpc) is 3.68. The van der Waals surface area contributed by atoms with Crippen LogP contribution < -0.4 is 4.74 Å². The topological polar surface area (TPSA) is 87.8 Å². The highest BCUT2D eigenvalue weighted by Gasteiger charge is 2.35. The first-order chi connectivity index (χ1) is 20.0. The van der Waals surface area contributed by atoms with Crippen molar-refractivity contribution in [3.05, 3.63) is 113 Å². The summed E-state index contributed by atoms with van der Waals surface area (Å²) < 4.78 is 11.0. The monoisotopic (exact) mass is 548 g/mol. The molecule has 0 spiro atoms. The molecule has 0 radical (unpaired) electrons. The number of ether oxygens (including phenoxy) is 2. The molecule has 2 aliphatic heterocycles. The highest BCUT2D eigenvalue weighted by molar-refractivity contribution is 6.01. The predicted molar refractivity (Wildman–Crippen MR) is 156 cm³/mol. The van der Waals surface area contributed by atoms with Gasteiger partial charge in [-0.3, -0.25) is 9.89 Å². The van der Waals surface area contributed by atoms with Crippen LogP contribution in [0.2, 0.25) is 0 Å². The quantitative estimate of drug-likeness (QED) is 0.296. The Bertz CT molecular complexity index is 1600. The van der Waals surface area contributed by atoms with Crippen molar-refractivity contribution >= 4 is 17.6 Å². The van der Waals surface area contributed by atoms with Gasteiger partial charge in [0.15, 0.2) is 0 Å². The maximum absolute atomic E-state index is 13.8. The number of fused-ring (bicyclic) bond motifs is 1. The summed E-state index contributed by atoms with van der Waals surface area (Å²) in [6.07, 6.45) is 6.03. The van der Waals surface area contributed by atoms with Crippen LogP contribution in [-0.4, -0.2) is 52.2 Å². The molecule has 0 saturated heterocycles. The van der Waals surface area contributed by atoms with Gasteiger partial charge in [-0.25, -0.2) is 4.79 Å². The summed E-state index contributed by atoms with van der Waals surface area (Å²) >= 11 is 0. The standard InChI is InChI=1S/C33H32N4O4/c1-22(25-9-6-10-28(15-25)40-2)37-20-31-29(16-26(17-30(31)32(37)38)27-18-34-35-19-27)24-11-13-36(14-12-24)33(39)41-21-23-7-4-3-5-8-23/h3-11,15-19,22H,12-14,20-21H2,1-2H3,(H,34,35)/t22-/m1/s1. The third-order valence-corrected chi connectivity index (χ3v) is 7.96. The van der Waals surface area contributed by atoms with Gasteiger partial charge in [-0.1, -0.05) is 48.5 Å². The van der Waals surface area contributed by atoms with E-state index < -0.39 is 0 Å². The molecule has 3 heterocycles. The van der Waals surface area contributed by atoms with Gasteiger partial charge >= 0.3 is 6.09 Å². The maximum atomic E-state index is 13.8. The minimum absolute atomic E-state index is 0.00411. The molecule has 1 aromatic heterocycles. The molecule has 8 heteroatoms. The first kappa shape index (κ1) is 26.4. The number of hydrogen-bond donors (Lipinski definition) is 1. The molecule has 0 bridgehead atoms. The number of amides is 2. The molecular weight excluding hydrogens is 516 g/mol. The first-order valence-corrected chi connectivity index (χ1v) is 13.8. The molecular formula is C33H32N4O4. The molecule has 2 aliphatic rings. The molecule has 6 rings (SSSR count). The summed E-state index contributed by atoms with van der Waals surface area (Å²) in [5.41, 5.74) is 7.72. The molecule has 0 fully saturated rings. The van der Waals surface area contributed by atoms with Gasteiger partial charge in [-0.05, 0) is 71.0 Å². The second-order valence-electron chi connectivity index (χ2n) is 10.4. The molecule has 8 nitrogen and oxygen atoms in total. The molecule has 1 N–H and O–H groups in total. The van der Waals surface area contributed by atoms with Crippen LogP contribution in [-0.2, 0) is 17.9 Å². The van der Waals surface area contributed by atoms with Crippen molar-refractivity contribution in [3.8, 4) is 16.9 Å². The number of carbonyl (C=O) groups excluding carboxylic acids is 2. The Morgan fingerprint density at radius 2 is 1.88 bits per heavy atom. The van der Waals surface area contributed by atoms with Crippen LogP contribution in [0.25, 0.3) is 16.7 Å². The summed E-state index contributed by atoms with van der Waals surface area (Å²) in [7, 11) is 1.65. The average molecular weight is 549 g/mol. The third-order valence-electron chi connectivity index (χ3n) is 7.96. The Balaban J connectivity index is 1.27. The molecule has 2 amide bonds. The highest BCUT2D eigenvalue weighted by atomic mass is 16.6. The molecule has 208 valence electrons. The van der Waals surface area contributed by atoms with Gasteiger partial charge < -0.3 is 19.3 Å². The van der Waals surface area contributed by atoms with Gasteiger partial charge in [-0.2, -0.15) is 5.10 Å². The zero-order valence-corrected chi connectivity index (χ0v) is 23.2. The van der Waals surface area contributed by atoms with E-state index in [9.17, 15) is 9.59 Å². The van der Waals surface area contributed by atoms with E-state index in [-0.39, 0.29) is 24.6 Å². The fourth-order valence-corrected chi connectivity index (χ4v) is 5.58. The van der Waals surface area contributed by atoms with E-state index >= 15 is 0 Å². The number of nitrogens with zero attached hydrogens (tertiary/aromatic N) is 3. The van der Waals surface area contributed by atoms with Crippen molar-refractivity contribution < 1.29 is 19.1 Å². The van der Waals surface area contributed by atoms with Crippen molar-refractivity contribution in [2.45, 2.75) is 32.5 Å².